The van der Waals surface area contributed by atoms with Gasteiger partial charge in [0.15, 0.2) is 0 Å². The SMILES string of the molecule is CCO[C@@H](C)c1nc(CSc2nnc(-c3cccnc3)o2)cs1. The molecule has 0 saturated heterocycles. The lowest BCUT2D eigenvalue weighted by Crippen LogP contribution is -1.98. The summed E-state index contributed by atoms with van der Waals surface area (Å²) in [5.74, 6) is 1.16. The molecule has 3 heterocycles. The van der Waals surface area contributed by atoms with Crippen molar-refractivity contribution in [2.75, 3.05) is 6.61 Å². The Kier molecular flexibility index (Phi) is 5.37. The summed E-state index contributed by atoms with van der Waals surface area (Å²) in [5.41, 5.74) is 1.80. The van der Waals surface area contributed by atoms with E-state index in [4.69, 9.17) is 9.15 Å². The van der Waals surface area contributed by atoms with Crippen molar-refractivity contribution in [3.63, 3.8) is 0 Å². The maximum Gasteiger partial charge on any atom is 0.277 e. The number of thioether (sulfide) groups is 1. The van der Waals surface area contributed by atoms with Gasteiger partial charge in [0.25, 0.3) is 5.22 Å². The first-order valence-corrected chi connectivity index (χ1v) is 9.05. The van der Waals surface area contributed by atoms with Gasteiger partial charge in [0.1, 0.15) is 11.1 Å². The zero-order chi connectivity index (χ0) is 16.1. The first kappa shape index (κ1) is 16.1. The fraction of sp³-hybridized carbons (Fsp3) is 0.333. The van der Waals surface area contributed by atoms with E-state index in [0.29, 0.717) is 23.5 Å². The van der Waals surface area contributed by atoms with Gasteiger partial charge in [-0.2, -0.15) is 0 Å². The van der Waals surface area contributed by atoms with Crippen molar-refractivity contribution in [1.82, 2.24) is 20.2 Å². The third-order valence-electron chi connectivity index (χ3n) is 2.99. The van der Waals surface area contributed by atoms with Crippen LogP contribution in [0.3, 0.4) is 0 Å². The average Bonchev–Trinajstić information content (AvgIpc) is 3.23. The molecule has 1 atom stereocenters. The highest BCUT2D eigenvalue weighted by molar-refractivity contribution is 7.98. The zero-order valence-electron chi connectivity index (χ0n) is 12.8. The summed E-state index contributed by atoms with van der Waals surface area (Å²) in [4.78, 5) is 8.62. The predicted octanol–water partition coefficient (Wildman–Crippen LogP) is 3.98. The van der Waals surface area contributed by atoms with Gasteiger partial charge in [-0.05, 0) is 26.0 Å². The molecule has 0 spiro atoms. The topological polar surface area (TPSA) is 73.9 Å². The molecule has 3 rings (SSSR count). The predicted molar refractivity (Wildman–Crippen MR) is 89.2 cm³/mol. The van der Waals surface area contributed by atoms with Gasteiger partial charge in [-0.3, -0.25) is 4.98 Å². The molecule has 6 nitrogen and oxygen atoms in total. The molecule has 0 N–H and O–H groups in total. The molecule has 120 valence electrons. The number of hydrogen-bond donors (Lipinski definition) is 0. The summed E-state index contributed by atoms with van der Waals surface area (Å²) >= 11 is 3.08. The minimum atomic E-state index is 0.0318. The monoisotopic (exact) mass is 348 g/mol. The normalized spacial score (nSPS) is 12.4. The van der Waals surface area contributed by atoms with E-state index < -0.39 is 0 Å². The van der Waals surface area contributed by atoms with Crippen LogP contribution < -0.4 is 0 Å². The van der Waals surface area contributed by atoms with Crippen molar-refractivity contribution in [2.45, 2.75) is 30.9 Å². The van der Waals surface area contributed by atoms with Gasteiger partial charge in [-0.1, -0.05) is 11.8 Å². The maximum absolute atomic E-state index is 5.64. The van der Waals surface area contributed by atoms with E-state index in [1.54, 1.807) is 23.7 Å². The molecule has 0 radical (unpaired) electrons. The second-order valence-corrected chi connectivity index (χ2v) is 6.49. The lowest BCUT2D eigenvalue weighted by molar-refractivity contribution is 0.0761. The molecular formula is C15H16N4O2S2. The van der Waals surface area contributed by atoms with Gasteiger partial charge in [0, 0.05) is 30.1 Å². The number of ether oxygens (including phenoxy) is 1. The van der Waals surface area contributed by atoms with Crippen LogP contribution in [0.4, 0.5) is 0 Å². The molecule has 0 bridgehead atoms. The number of thiazole rings is 1. The third kappa shape index (κ3) is 4.15. The summed E-state index contributed by atoms with van der Waals surface area (Å²) in [6.45, 7) is 4.68. The first-order valence-electron chi connectivity index (χ1n) is 7.19. The van der Waals surface area contributed by atoms with Gasteiger partial charge in [0.05, 0.1) is 11.3 Å². The molecule has 0 unspecified atom stereocenters. The summed E-state index contributed by atoms with van der Waals surface area (Å²) in [7, 11) is 0. The molecule has 0 aromatic carbocycles. The Balaban J connectivity index is 1.60. The van der Waals surface area contributed by atoms with E-state index in [1.807, 2.05) is 31.4 Å². The molecule has 0 amide bonds. The van der Waals surface area contributed by atoms with Crippen LogP contribution in [0.25, 0.3) is 11.5 Å². The van der Waals surface area contributed by atoms with Crippen LogP contribution in [-0.4, -0.2) is 26.8 Å². The molecule has 0 aliphatic carbocycles. The number of hydrogen-bond acceptors (Lipinski definition) is 8. The Labute approximate surface area is 142 Å². The molecule has 0 fully saturated rings. The maximum atomic E-state index is 5.64. The number of nitrogens with zero attached hydrogens (tertiary/aromatic N) is 4. The molecule has 0 saturated carbocycles. The quantitative estimate of drug-likeness (QED) is 0.598. The highest BCUT2D eigenvalue weighted by atomic mass is 32.2. The first-order chi connectivity index (χ1) is 11.3. The second-order valence-electron chi connectivity index (χ2n) is 4.68. The van der Waals surface area contributed by atoms with Gasteiger partial charge in [0.2, 0.25) is 5.89 Å². The van der Waals surface area contributed by atoms with Crippen LogP contribution in [0.2, 0.25) is 0 Å². The van der Waals surface area contributed by atoms with Crippen molar-refractivity contribution in [3.8, 4) is 11.5 Å². The van der Waals surface area contributed by atoms with Crippen LogP contribution in [0.5, 0.6) is 0 Å². The fourth-order valence-electron chi connectivity index (χ4n) is 1.91. The standard InChI is InChI=1S/C15H16N4O2S2/c1-3-20-10(2)14-17-12(8-22-14)9-23-15-19-18-13(21-15)11-5-4-6-16-7-11/h4-8,10H,3,9H2,1-2H3/t10-/m0/s1. The Bertz CT molecular complexity index is 745. The largest absolute Gasteiger partial charge is 0.411 e. The lowest BCUT2D eigenvalue weighted by Gasteiger charge is -2.06. The Hall–Kier alpha value is -1.77. The molecule has 23 heavy (non-hydrogen) atoms. The van der Waals surface area contributed by atoms with Gasteiger partial charge < -0.3 is 9.15 Å². The van der Waals surface area contributed by atoms with E-state index in [1.165, 1.54) is 11.8 Å². The van der Waals surface area contributed by atoms with E-state index in [0.717, 1.165) is 16.3 Å². The van der Waals surface area contributed by atoms with Crippen LogP contribution >= 0.6 is 23.1 Å². The average molecular weight is 348 g/mol. The lowest BCUT2D eigenvalue weighted by atomic mass is 10.3. The summed E-state index contributed by atoms with van der Waals surface area (Å²) in [6.07, 6.45) is 3.44. The highest BCUT2D eigenvalue weighted by Crippen LogP contribution is 2.27. The zero-order valence-corrected chi connectivity index (χ0v) is 14.4. The molecule has 8 heteroatoms. The smallest absolute Gasteiger partial charge is 0.277 e. The van der Waals surface area contributed by atoms with E-state index in [2.05, 4.69) is 20.2 Å². The van der Waals surface area contributed by atoms with E-state index in [-0.39, 0.29) is 6.10 Å². The second kappa shape index (κ2) is 7.67. The van der Waals surface area contributed by atoms with Crippen molar-refractivity contribution >= 4 is 23.1 Å². The Morgan fingerprint density at radius 2 is 2.30 bits per heavy atom. The highest BCUT2D eigenvalue weighted by Gasteiger charge is 2.13. The van der Waals surface area contributed by atoms with E-state index in [9.17, 15) is 0 Å². The molecular weight excluding hydrogens is 332 g/mol. The fourth-order valence-corrected chi connectivity index (χ4v) is 3.49. The van der Waals surface area contributed by atoms with E-state index >= 15 is 0 Å². The van der Waals surface area contributed by atoms with Gasteiger partial charge in [-0.25, -0.2) is 4.98 Å². The van der Waals surface area contributed by atoms with Crippen molar-refractivity contribution < 1.29 is 9.15 Å². The van der Waals surface area contributed by atoms with Gasteiger partial charge >= 0.3 is 0 Å². The Morgan fingerprint density at radius 3 is 3.09 bits per heavy atom. The number of rotatable bonds is 7. The van der Waals surface area contributed by atoms with Crippen LogP contribution in [0.15, 0.2) is 39.5 Å². The third-order valence-corrected chi connectivity index (χ3v) is 4.90. The summed E-state index contributed by atoms with van der Waals surface area (Å²) in [5, 5.41) is 11.6. The summed E-state index contributed by atoms with van der Waals surface area (Å²) < 4.78 is 11.2. The molecule has 3 aromatic heterocycles. The molecule has 3 aromatic rings. The van der Waals surface area contributed by atoms with Gasteiger partial charge in [-0.15, -0.1) is 21.5 Å². The molecule has 0 aliphatic rings. The van der Waals surface area contributed by atoms with Crippen molar-refractivity contribution in [3.05, 3.63) is 40.6 Å². The number of pyridine rings is 1. The van der Waals surface area contributed by atoms with Crippen molar-refractivity contribution in [2.24, 2.45) is 0 Å². The Morgan fingerprint density at radius 1 is 1.39 bits per heavy atom. The minimum absolute atomic E-state index is 0.0318. The molecule has 0 aliphatic heterocycles. The summed E-state index contributed by atoms with van der Waals surface area (Å²) in [6, 6.07) is 3.72. The van der Waals surface area contributed by atoms with Crippen LogP contribution in [-0.2, 0) is 10.5 Å². The minimum Gasteiger partial charge on any atom is -0.411 e. The van der Waals surface area contributed by atoms with Crippen molar-refractivity contribution in [1.29, 1.82) is 0 Å². The number of aromatic nitrogens is 4. The van der Waals surface area contributed by atoms with Crippen LogP contribution in [0.1, 0.15) is 30.7 Å². The van der Waals surface area contributed by atoms with Crippen LogP contribution in [0, 0.1) is 0 Å².